The number of halogens is 3. The maximum Gasteiger partial charge on any atom is 0.420 e. The first kappa shape index (κ1) is 17.1. The molecule has 0 saturated heterocycles. The molecule has 1 aromatic heterocycles. The predicted octanol–water partition coefficient (Wildman–Crippen LogP) is 2.87. The first-order chi connectivity index (χ1) is 10.7. The molecular weight excluding hydrogens is 311 g/mol. The van der Waals surface area contributed by atoms with Gasteiger partial charge in [0.05, 0.1) is 11.4 Å². The zero-order valence-electron chi connectivity index (χ0n) is 12.6. The average Bonchev–Trinajstić information content (AvgIpc) is 2.50. The van der Waals surface area contributed by atoms with Gasteiger partial charge in [-0.05, 0) is 12.5 Å². The van der Waals surface area contributed by atoms with Gasteiger partial charge in [0.25, 0.3) is 0 Å². The first-order valence-corrected chi connectivity index (χ1v) is 6.84. The molecule has 0 saturated carbocycles. The number of aromatic nitrogens is 1. The van der Waals surface area contributed by atoms with Gasteiger partial charge >= 0.3 is 6.18 Å². The van der Waals surface area contributed by atoms with Crippen LogP contribution in [0.15, 0.2) is 41.2 Å². The highest BCUT2D eigenvalue weighted by Gasteiger charge is 2.41. The summed E-state index contributed by atoms with van der Waals surface area (Å²) in [5, 5.41) is 9.36. The van der Waals surface area contributed by atoms with E-state index in [0.717, 1.165) is 16.2 Å². The molecule has 0 aliphatic heterocycles. The van der Waals surface area contributed by atoms with E-state index in [0.29, 0.717) is 0 Å². The monoisotopic (exact) mass is 327 g/mol. The van der Waals surface area contributed by atoms with Crippen molar-refractivity contribution in [1.29, 1.82) is 0 Å². The lowest BCUT2D eigenvalue weighted by Gasteiger charge is -2.21. The van der Waals surface area contributed by atoms with Gasteiger partial charge in [-0.25, -0.2) is 0 Å². The lowest BCUT2D eigenvalue weighted by atomic mass is 10.1. The van der Waals surface area contributed by atoms with Crippen LogP contribution >= 0.6 is 0 Å². The second kappa shape index (κ2) is 6.45. The molecule has 2 rings (SSSR count). The number of rotatable bonds is 4. The molecule has 0 radical (unpaired) electrons. The second-order valence-corrected chi connectivity index (χ2v) is 5.13. The molecule has 7 heteroatoms. The molecule has 0 aliphatic rings. The van der Waals surface area contributed by atoms with Crippen LogP contribution in [0.2, 0.25) is 0 Å². The van der Waals surface area contributed by atoms with Crippen molar-refractivity contribution in [3.8, 4) is 5.75 Å². The Bertz CT molecular complexity index is 739. The highest BCUT2D eigenvalue weighted by molar-refractivity contribution is 5.31. The highest BCUT2D eigenvalue weighted by Crippen LogP contribution is 2.32. The lowest BCUT2D eigenvalue weighted by Crippen LogP contribution is -2.27. The summed E-state index contributed by atoms with van der Waals surface area (Å²) in [4.78, 5) is 12.0. The molecule has 4 nitrogen and oxygen atoms in total. The zero-order chi connectivity index (χ0) is 17.2. The minimum absolute atomic E-state index is 0.0329. The summed E-state index contributed by atoms with van der Waals surface area (Å²) in [6, 6.07) is 9.83. The van der Waals surface area contributed by atoms with Crippen molar-refractivity contribution in [2.24, 2.45) is 7.05 Å². The number of aliphatic hydroxyl groups excluding tert-OH is 1. The van der Waals surface area contributed by atoms with E-state index >= 15 is 0 Å². The van der Waals surface area contributed by atoms with E-state index in [1.807, 2.05) is 30.3 Å². The van der Waals surface area contributed by atoms with Gasteiger partial charge in [0, 0.05) is 13.1 Å². The molecule has 124 valence electrons. The van der Waals surface area contributed by atoms with Crippen LogP contribution in [-0.2, 0) is 13.7 Å². The minimum Gasteiger partial charge on any atom is -0.483 e. The third-order valence-electron chi connectivity index (χ3n) is 3.54. The molecule has 23 heavy (non-hydrogen) atoms. The lowest BCUT2D eigenvalue weighted by molar-refractivity contribution is -0.208. The van der Waals surface area contributed by atoms with E-state index in [9.17, 15) is 23.1 Å². The van der Waals surface area contributed by atoms with Crippen LogP contribution in [0.5, 0.6) is 5.75 Å². The number of nitrogens with zero attached hydrogens (tertiary/aromatic N) is 1. The van der Waals surface area contributed by atoms with Crippen molar-refractivity contribution < 1.29 is 23.0 Å². The summed E-state index contributed by atoms with van der Waals surface area (Å²) in [7, 11) is 1.34. The molecule has 1 N–H and O–H groups in total. The molecule has 1 unspecified atom stereocenters. The van der Waals surface area contributed by atoms with Crippen LogP contribution in [0.25, 0.3) is 0 Å². The predicted molar refractivity (Wildman–Crippen MR) is 78.2 cm³/mol. The number of pyridine rings is 1. The molecule has 1 aromatic carbocycles. The van der Waals surface area contributed by atoms with Crippen LogP contribution in [0.4, 0.5) is 13.2 Å². The van der Waals surface area contributed by atoms with E-state index in [2.05, 4.69) is 0 Å². The van der Waals surface area contributed by atoms with Gasteiger partial charge in [-0.15, -0.1) is 0 Å². The van der Waals surface area contributed by atoms with Gasteiger partial charge in [0.2, 0.25) is 5.43 Å². The van der Waals surface area contributed by atoms with E-state index in [1.165, 1.54) is 14.0 Å². The quantitative estimate of drug-likeness (QED) is 0.939. The molecule has 2 aromatic rings. The third-order valence-corrected chi connectivity index (χ3v) is 3.54. The Hall–Kier alpha value is -2.28. The Labute approximate surface area is 130 Å². The summed E-state index contributed by atoms with van der Waals surface area (Å²) >= 11 is 0. The number of ether oxygens (including phenoxy) is 1. The van der Waals surface area contributed by atoms with Crippen LogP contribution in [-0.4, -0.2) is 15.8 Å². The molecule has 1 atom stereocenters. The Morgan fingerprint density at radius 3 is 2.43 bits per heavy atom. The number of alkyl halides is 3. The fourth-order valence-electron chi connectivity index (χ4n) is 2.16. The Kier molecular flexibility index (Phi) is 4.79. The van der Waals surface area contributed by atoms with Crippen molar-refractivity contribution in [1.82, 2.24) is 4.57 Å². The van der Waals surface area contributed by atoms with E-state index in [-0.39, 0.29) is 18.1 Å². The molecular formula is C16H16F3NO3. The Morgan fingerprint density at radius 1 is 1.26 bits per heavy atom. The topological polar surface area (TPSA) is 51.5 Å². The van der Waals surface area contributed by atoms with Gasteiger partial charge in [-0.2, -0.15) is 13.2 Å². The zero-order valence-corrected chi connectivity index (χ0v) is 12.6. The second-order valence-electron chi connectivity index (χ2n) is 5.13. The van der Waals surface area contributed by atoms with Gasteiger partial charge < -0.3 is 14.4 Å². The maximum absolute atomic E-state index is 12.7. The van der Waals surface area contributed by atoms with Gasteiger partial charge in [-0.3, -0.25) is 4.79 Å². The average molecular weight is 327 g/mol. The van der Waals surface area contributed by atoms with E-state index < -0.39 is 23.4 Å². The number of hydrogen-bond donors (Lipinski definition) is 1. The normalized spacial score (nSPS) is 13.0. The largest absolute Gasteiger partial charge is 0.483 e. The summed E-state index contributed by atoms with van der Waals surface area (Å²) < 4.78 is 44.5. The van der Waals surface area contributed by atoms with Crippen LogP contribution in [0, 0.1) is 6.92 Å². The molecule has 0 aliphatic carbocycles. The van der Waals surface area contributed by atoms with Crippen LogP contribution < -0.4 is 10.2 Å². The van der Waals surface area contributed by atoms with Gasteiger partial charge in [0.15, 0.2) is 11.9 Å². The maximum atomic E-state index is 12.7. The Morgan fingerprint density at radius 2 is 1.87 bits per heavy atom. The molecule has 0 fully saturated rings. The third kappa shape index (κ3) is 3.73. The minimum atomic E-state index is -4.84. The highest BCUT2D eigenvalue weighted by atomic mass is 19.4. The van der Waals surface area contributed by atoms with Crippen molar-refractivity contribution in [2.75, 3.05) is 0 Å². The molecule has 0 bridgehead atoms. The standard InChI is InChI=1S/C16H16F3NO3/c1-10-14(23-9-11-6-4-3-5-7-11)13(21)8-12(20(10)2)15(22)16(17,18)19/h3-8,15,22H,9H2,1-2H3. The summed E-state index contributed by atoms with van der Waals surface area (Å²) in [6.45, 7) is 1.59. The number of benzene rings is 1. The number of aliphatic hydroxyl groups is 1. The first-order valence-electron chi connectivity index (χ1n) is 6.84. The summed E-state index contributed by atoms with van der Waals surface area (Å²) in [5.74, 6) is -0.0329. The SMILES string of the molecule is Cc1c(OCc2ccccc2)c(=O)cc(C(O)C(F)(F)F)n1C. The summed E-state index contributed by atoms with van der Waals surface area (Å²) in [5.41, 5.74) is -0.179. The van der Waals surface area contributed by atoms with Crippen molar-refractivity contribution in [3.63, 3.8) is 0 Å². The van der Waals surface area contributed by atoms with Crippen LogP contribution in [0.3, 0.4) is 0 Å². The number of hydrogen-bond acceptors (Lipinski definition) is 3. The Balaban J connectivity index is 2.33. The van der Waals surface area contributed by atoms with Gasteiger partial charge in [0.1, 0.15) is 6.61 Å². The van der Waals surface area contributed by atoms with Crippen molar-refractivity contribution in [3.05, 3.63) is 63.6 Å². The van der Waals surface area contributed by atoms with Crippen molar-refractivity contribution >= 4 is 0 Å². The fraction of sp³-hybridized carbons (Fsp3) is 0.312. The summed E-state index contributed by atoms with van der Waals surface area (Å²) in [6.07, 6.45) is -7.56. The van der Waals surface area contributed by atoms with E-state index in [4.69, 9.17) is 4.74 Å². The van der Waals surface area contributed by atoms with Crippen LogP contribution in [0.1, 0.15) is 23.1 Å². The van der Waals surface area contributed by atoms with E-state index in [1.54, 1.807) is 0 Å². The molecule has 1 heterocycles. The van der Waals surface area contributed by atoms with Gasteiger partial charge in [-0.1, -0.05) is 30.3 Å². The molecule has 0 spiro atoms. The van der Waals surface area contributed by atoms with Crippen molar-refractivity contribution in [2.45, 2.75) is 25.8 Å². The fourth-order valence-corrected chi connectivity index (χ4v) is 2.16. The molecule has 0 amide bonds. The smallest absolute Gasteiger partial charge is 0.420 e.